The van der Waals surface area contributed by atoms with Gasteiger partial charge in [-0.2, -0.15) is 0 Å². The van der Waals surface area contributed by atoms with Gasteiger partial charge in [-0.1, -0.05) is 6.07 Å². The quantitative estimate of drug-likeness (QED) is 0.762. The Balaban J connectivity index is 2.30. The molecule has 0 saturated heterocycles. The molecule has 0 aliphatic heterocycles. The summed E-state index contributed by atoms with van der Waals surface area (Å²) in [7, 11) is 4.65. The number of halogens is 1. The molecule has 0 saturated carbocycles. The van der Waals surface area contributed by atoms with Crippen molar-refractivity contribution < 1.29 is 18.9 Å². The van der Waals surface area contributed by atoms with E-state index in [4.69, 9.17) is 30.5 Å². The third kappa shape index (κ3) is 3.49. The summed E-state index contributed by atoms with van der Waals surface area (Å²) in [6, 6.07) is 7.02. The van der Waals surface area contributed by atoms with E-state index in [2.05, 4.69) is 4.98 Å². The van der Waals surface area contributed by atoms with E-state index in [-0.39, 0.29) is 0 Å². The van der Waals surface area contributed by atoms with Gasteiger partial charge in [0.25, 0.3) is 0 Å². The van der Waals surface area contributed by atoms with E-state index in [0.29, 0.717) is 34.8 Å². The van der Waals surface area contributed by atoms with E-state index in [9.17, 15) is 0 Å². The van der Waals surface area contributed by atoms with Gasteiger partial charge in [0.1, 0.15) is 5.75 Å². The van der Waals surface area contributed by atoms with E-state index in [0.717, 1.165) is 5.56 Å². The molecule has 112 valence electrons. The summed E-state index contributed by atoms with van der Waals surface area (Å²) in [6.45, 7) is 0. The van der Waals surface area contributed by atoms with Crippen molar-refractivity contribution in [2.75, 3.05) is 21.3 Å². The molecule has 0 atom stereocenters. The zero-order chi connectivity index (χ0) is 15.2. The van der Waals surface area contributed by atoms with Crippen LogP contribution in [-0.2, 0) is 5.88 Å². The molecule has 0 N–H and O–H groups in total. The lowest BCUT2D eigenvalue weighted by Crippen LogP contribution is -1.96. The van der Waals surface area contributed by atoms with Gasteiger partial charge >= 0.3 is 0 Å². The molecule has 0 fully saturated rings. The number of benzene rings is 1. The van der Waals surface area contributed by atoms with E-state index >= 15 is 0 Å². The lowest BCUT2D eigenvalue weighted by Gasteiger charge is -2.14. The molecule has 2 aromatic rings. The molecule has 1 aromatic carbocycles. The van der Waals surface area contributed by atoms with Gasteiger partial charge in [0, 0.05) is 30.3 Å². The topological polar surface area (TPSA) is 49.8 Å². The Hall–Kier alpha value is -2.14. The number of aromatic nitrogens is 1. The van der Waals surface area contributed by atoms with Gasteiger partial charge in [0.15, 0.2) is 11.5 Å². The smallest absolute Gasteiger partial charge is 0.219 e. The standard InChI is InChI=1S/C15H16ClNO4/c1-18-12-6-11(7-13(19-2)15(12)20-3)21-14-5-4-10(8-16)9-17-14/h4-7,9H,8H2,1-3H3. The van der Waals surface area contributed by atoms with Gasteiger partial charge in [-0.05, 0) is 5.56 Å². The zero-order valence-electron chi connectivity index (χ0n) is 12.1. The van der Waals surface area contributed by atoms with E-state index in [1.54, 1.807) is 45.7 Å². The average Bonchev–Trinajstić information content (AvgIpc) is 2.54. The Morgan fingerprint density at radius 2 is 1.67 bits per heavy atom. The largest absolute Gasteiger partial charge is 0.493 e. The third-order valence-corrected chi connectivity index (χ3v) is 3.12. The van der Waals surface area contributed by atoms with Crippen LogP contribution in [0.2, 0.25) is 0 Å². The summed E-state index contributed by atoms with van der Waals surface area (Å²) >= 11 is 5.72. The molecule has 1 aromatic heterocycles. The van der Waals surface area contributed by atoms with Crippen LogP contribution in [0.5, 0.6) is 28.9 Å². The number of ether oxygens (including phenoxy) is 4. The number of hydrogen-bond acceptors (Lipinski definition) is 5. The fraction of sp³-hybridized carbons (Fsp3) is 0.267. The second kappa shape index (κ2) is 7.04. The molecule has 0 amide bonds. The first kappa shape index (κ1) is 15.3. The van der Waals surface area contributed by atoms with Crippen LogP contribution < -0.4 is 18.9 Å². The molecular formula is C15H16ClNO4. The van der Waals surface area contributed by atoms with Gasteiger partial charge in [-0.15, -0.1) is 11.6 Å². The molecule has 6 heteroatoms. The average molecular weight is 310 g/mol. The molecule has 0 aliphatic carbocycles. The van der Waals surface area contributed by atoms with E-state index < -0.39 is 0 Å². The van der Waals surface area contributed by atoms with Crippen molar-refractivity contribution in [3.05, 3.63) is 36.0 Å². The summed E-state index contributed by atoms with van der Waals surface area (Å²) in [6.07, 6.45) is 1.67. The minimum atomic E-state index is 0.414. The Labute approximate surface area is 128 Å². The first-order chi connectivity index (χ1) is 10.2. The van der Waals surface area contributed by atoms with E-state index in [1.165, 1.54) is 0 Å². The number of pyridine rings is 1. The molecule has 0 radical (unpaired) electrons. The summed E-state index contributed by atoms with van der Waals surface area (Å²) in [5, 5.41) is 0. The normalized spacial score (nSPS) is 10.1. The molecular weight excluding hydrogens is 294 g/mol. The molecule has 0 unspecified atom stereocenters. The maximum Gasteiger partial charge on any atom is 0.219 e. The number of methoxy groups -OCH3 is 3. The lowest BCUT2D eigenvalue weighted by molar-refractivity contribution is 0.320. The number of rotatable bonds is 6. The summed E-state index contributed by atoms with van der Waals surface area (Å²) < 4.78 is 21.5. The number of hydrogen-bond donors (Lipinski definition) is 0. The lowest BCUT2D eigenvalue weighted by atomic mass is 10.2. The van der Waals surface area contributed by atoms with Gasteiger partial charge in [0.05, 0.1) is 21.3 Å². The van der Waals surface area contributed by atoms with Crippen LogP contribution in [0, 0.1) is 0 Å². The molecule has 0 spiro atoms. The van der Waals surface area contributed by atoms with Crippen LogP contribution in [0.15, 0.2) is 30.5 Å². The maximum absolute atomic E-state index is 5.72. The Morgan fingerprint density at radius 1 is 1.00 bits per heavy atom. The Bertz CT molecular complexity index is 576. The van der Waals surface area contributed by atoms with Crippen molar-refractivity contribution in [2.24, 2.45) is 0 Å². The van der Waals surface area contributed by atoms with Crippen LogP contribution in [0.3, 0.4) is 0 Å². The van der Waals surface area contributed by atoms with E-state index in [1.807, 2.05) is 6.07 Å². The fourth-order valence-electron chi connectivity index (χ4n) is 1.79. The molecule has 21 heavy (non-hydrogen) atoms. The highest BCUT2D eigenvalue weighted by atomic mass is 35.5. The predicted octanol–water partition coefficient (Wildman–Crippen LogP) is 3.64. The molecule has 0 bridgehead atoms. The SMILES string of the molecule is COc1cc(Oc2ccc(CCl)cn2)cc(OC)c1OC. The second-order valence-electron chi connectivity index (χ2n) is 4.10. The molecule has 0 aliphatic rings. The molecule has 2 rings (SSSR count). The van der Waals surface area contributed by atoms with Crippen molar-refractivity contribution in [1.29, 1.82) is 0 Å². The van der Waals surface area contributed by atoms with Crippen LogP contribution in [0.1, 0.15) is 5.56 Å². The van der Waals surface area contributed by atoms with Crippen molar-refractivity contribution in [2.45, 2.75) is 5.88 Å². The van der Waals surface area contributed by atoms with Crippen molar-refractivity contribution >= 4 is 11.6 Å². The van der Waals surface area contributed by atoms with Gasteiger partial charge in [-0.25, -0.2) is 4.98 Å². The van der Waals surface area contributed by atoms with Crippen LogP contribution >= 0.6 is 11.6 Å². The van der Waals surface area contributed by atoms with Crippen LogP contribution in [0.4, 0.5) is 0 Å². The van der Waals surface area contributed by atoms with Crippen LogP contribution in [0.25, 0.3) is 0 Å². The van der Waals surface area contributed by atoms with Crippen LogP contribution in [-0.4, -0.2) is 26.3 Å². The zero-order valence-corrected chi connectivity index (χ0v) is 12.8. The van der Waals surface area contributed by atoms with Gasteiger partial charge in [0.2, 0.25) is 11.6 Å². The minimum Gasteiger partial charge on any atom is -0.493 e. The van der Waals surface area contributed by atoms with Gasteiger partial charge in [-0.3, -0.25) is 0 Å². The summed E-state index contributed by atoms with van der Waals surface area (Å²) in [5.74, 6) is 2.96. The summed E-state index contributed by atoms with van der Waals surface area (Å²) in [4.78, 5) is 4.18. The predicted molar refractivity (Wildman–Crippen MR) is 80.0 cm³/mol. The number of alkyl halides is 1. The Kier molecular flexibility index (Phi) is 5.11. The second-order valence-corrected chi connectivity index (χ2v) is 4.37. The van der Waals surface area contributed by atoms with Crippen molar-refractivity contribution in [1.82, 2.24) is 4.98 Å². The molecule has 1 heterocycles. The first-order valence-electron chi connectivity index (χ1n) is 6.20. The number of nitrogens with zero attached hydrogens (tertiary/aromatic N) is 1. The molecule has 5 nitrogen and oxygen atoms in total. The highest BCUT2D eigenvalue weighted by Crippen LogP contribution is 2.41. The highest BCUT2D eigenvalue weighted by molar-refractivity contribution is 6.17. The third-order valence-electron chi connectivity index (χ3n) is 2.81. The highest BCUT2D eigenvalue weighted by Gasteiger charge is 2.14. The summed E-state index contributed by atoms with van der Waals surface area (Å²) in [5.41, 5.74) is 0.925. The monoisotopic (exact) mass is 309 g/mol. The minimum absolute atomic E-state index is 0.414. The van der Waals surface area contributed by atoms with Gasteiger partial charge < -0.3 is 18.9 Å². The Morgan fingerprint density at radius 3 is 2.10 bits per heavy atom. The van der Waals surface area contributed by atoms with Crippen molar-refractivity contribution in [3.8, 4) is 28.9 Å². The van der Waals surface area contributed by atoms with Crippen molar-refractivity contribution in [3.63, 3.8) is 0 Å². The maximum atomic E-state index is 5.72. The fourth-order valence-corrected chi connectivity index (χ4v) is 1.95. The first-order valence-corrected chi connectivity index (χ1v) is 6.74.